The molecule has 0 heterocycles. The van der Waals surface area contributed by atoms with Crippen molar-refractivity contribution >= 4 is 35.1 Å². The van der Waals surface area contributed by atoms with Crippen LogP contribution in [0.4, 0.5) is 0 Å². The van der Waals surface area contributed by atoms with E-state index in [9.17, 15) is 9.59 Å². The van der Waals surface area contributed by atoms with Crippen LogP contribution >= 0.6 is 23.2 Å². The van der Waals surface area contributed by atoms with Crippen LogP contribution in [0.5, 0.6) is 0 Å². The van der Waals surface area contributed by atoms with Crippen LogP contribution < -0.4 is 5.32 Å². The molecule has 1 atom stereocenters. The van der Waals surface area contributed by atoms with E-state index in [1.807, 2.05) is 6.92 Å². The number of hydrogen-bond donors (Lipinski definition) is 2. The number of benzene rings is 1. The molecule has 1 amide bonds. The smallest absolute Gasteiger partial charge is 0.326 e. The molecule has 1 rings (SSSR count). The summed E-state index contributed by atoms with van der Waals surface area (Å²) in [5.74, 6) is -1.56. The Morgan fingerprint density at radius 2 is 1.83 bits per heavy atom. The first-order chi connectivity index (χ1) is 8.43. The van der Waals surface area contributed by atoms with Crippen LogP contribution in [-0.2, 0) is 4.79 Å². The number of hydrogen-bond acceptors (Lipinski definition) is 2. The van der Waals surface area contributed by atoms with Crippen molar-refractivity contribution in [1.29, 1.82) is 0 Å². The van der Waals surface area contributed by atoms with Gasteiger partial charge in [-0.2, -0.15) is 0 Å². The highest BCUT2D eigenvalue weighted by Crippen LogP contribution is 2.19. The first-order valence-electron chi connectivity index (χ1n) is 5.43. The van der Waals surface area contributed by atoms with Gasteiger partial charge in [0.05, 0.1) is 0 Å². The van der Waals surface area contributed by atoms with E-state index in [4.69, 9.17) is 28.3 Å². The van der Waals surface area contributed by atoms with E-state index in [2.05, 4.69) is 5.32 Å². The van der Waals surface area contributed by atoms with Crippen molar-refractivity contribution < 1.29 is 14.7 Å². The zero-order chi connectivity index (χ0) is 13.7. The van der Waals surface area contributed by atoms with Crippen molar-refractivity contribution in [2.75, 3.05) is 0 Å². The van der Waals surface area contributed by atoms with Gasteiger partial charge in [-0.3, -0.25) is 4.79 Å². The van der Waals surface area contributed by atoms with E-state index in [1.165, 1.54) is 18.2 Å². The second-order valence-corrected chi connectivity index (χ2v) is 4.68. The highest BCUT2D eigenvalue weighted by atomic mass is 35.5. The molecule has 0 aliphatic heterocycles. The predicted octanol–water partition coefficient (Wildman–Crippen LogP) is 2.98. The van der Waals surface area contributed by atoms with Crippen molar-refractivity contribution in [2.24, 2.45) is 0 Å². The van der Waals surface area contributed by atoms with Crippen molar-refractivity contribution in [2.45, 2.75) is 25.8 Å². The quantitative estimate of drug-likeness (QED) is 0.876. The van der Waals surface area contributed by atoms with Crippen molar-refractivity contribution in [3.63, 3.8) is 0 Å². The molecular weight excluding hydrogens is 277 g/mol. The lowest BCUT2D eigenvalue weighted by Crippen LogP contribution is -2.40. The summed E-state index contributed by atoms with van der Waals surface area (Å²) < 4.78 is 0. The Morgan fingerprint density at radius 1 is 1.28 bits per heavy atom. The maximum Gasteiger partial charge on any atom is 0.326 e. The van der Waals surface area contributed by atoms with Crippen LogP contribution in [0.1, 0.15) is 30.1 Å². The zero-order valence-corrected chi connectivity index (χ0v) is 11.3. The monoisotopic (exact) mass is 289 g/mol. The predicted molar refractivity (Wildman–Crippen MR) is 70.3 cm³/mol. The maximum atomic E-state index is 11.8. The Kier molecular flexibility index (Phi) is 5.44. The molecule has 0 aliphatic rings. The number of carbonyl (C=O) groups excluding carboxylic acids is 1. The molecule has 0 spiro atoms. The molecule has 4 nitrogen and oxygen atoms in total. The van der Waals surface area contributed by atoms with Gasteiger partial charge in [0.15, 0.2) is 0 Å². The molecule has 0 fully saturated rings. The number of halogens is 2. The summed E-state index contributed by atoms with van der Waals surface area (Å²) in [5, 5.41) is 12.0. The highest BCUT2D eigenvalue weighted by molar-refractivity contribution is 6.35. The minimum Gasteiger partial charge on any atom is -0.480 e. The summed E-state index contributed by atoms with van der Waals surface area (Å²) in [6, 6.07) is 3.47. The SMILES string of the molecule is CCC[C@@H](NC(=O)c1cc(Cl)cc(Cl)c1)C(=O)O. The Balaban J connectivity index is 2.83. The lowest BCUT2D eigenvalue weighted by molar-refractivity contribution is -0.139. The van der Waals surface area contributed by atoms with E-state index in [0.29, 0.717) is 22.9 Å². The number of carboxylic acid groups (broad SMARTS) is 1. The van der Waals surface area contributed by atoms with Crippen LogP contribution in [0.15, 0.2) is 18.2 Å². The second kappa shape index (κ2) is 6.61. The molecule has 0 unspecified atom stereocenters. The molecule has 0 bridgehead atoms. The van der Waals surface area contributed by atoms with Gasteiger partial charge >= 0.3 is 5.97 Å². The largest absolute Gasteiger partial charge is 0.480 e. The molecule has 0 radical (unpaired) electrons. The number of rotatable bonds is 5. The topological polar surface area (TPSA) is 66.4 Å². The van der Waals surface area contributed by atoms with Gasteiger partial charge in [0.25, 0.3) is 5.91 Å². The maximum absolute atomic E-state index is 11.8. The normalized spacial score (nSPS) is 11.9. The van der Waals surface area contributed by atoms with E-state index in [-0.39, 0.29) is 5.56 Å². The van der Waals surface area contributed by atoms with Crippen LogP contribution in [0, 0.1) is 0 Å². The summed E-state index contributed by atoms with van der Waals surface area (Å²) in [5.41, 5.74) is 0.245. The van der Waals surface area contributed by atoms with Gasteiger partial charge in [-0.15, -0.1) is 0 Å². The molecule has 18 heavy (non-hydrogen) atoms. The third kappa shape index (κ3) is 4.20. The lowest BCUT2D eigenvalue weighted by atomic mass is 10.1. The van der Waals surface area contributed by atoms with Crippen molar-refractivity contribution in [3.05, 3.63) is 33.8 Å². The summed E-state index contributed by atoms with van der Waals surface area (Å²) in [4.78, 5) is 22.8. The average Bonchev–Trinajstić information content (AvgIpc) is 2.26. The van der Waals surface area contributed by atoms with Crippen molar-refractivity contribution in [3.8, 4) is 0 Å². The molecule has 0 saturated carbocycles. The van der Waals surface area contributed by atoms with E-state index in [1.54, 1.807) is 0 Å². The standard InChI is InChI=1S/C12H13Cl2NO3/c1-2-3-10(12(17)18)15-11(16)7-4-8(13)6-9(14)5-7/h4-6,10H,2-3H2,1H3,(H,15,16)(H,17,18)/t10-/m1/s1. The Morgan fingerprint density at radius 3 is 2.28 bits per heavy atom. The molecule has 0 saturated heterocycles. The zero-order valence-electron chi connectivity index (χ0n) is 9.74. The van der Waals surface area contributed by atoms with Gasteiger partial charge in [-0.05, 0) is 24.6 Å². The molecular formula is C12H13Cl2NO3. The molecule has 0 aliphatic carbocycles. The number of carboxylic acids is 1. The fraction of sp³-hybridized carbons (Fsp3) is 0.333. The Hall–Kier alpha value is -1.26. The number of nitrogens with one attached hydrogen (secondary N) is 1. The first-order valence-corrected chi connectivity index (χ1v) is 6.19. The van der Waals surface area contributed by atoms with Crippen LogP contribution in [0.3, 0.4) is 0 Å². The van der Waals surface area contributed by atoms with E-state index >= 15 is 0 Å². The fourth-order valence-corrected chi connectivity index (χ4v) is 2.00. The van der Waals surface area contributed by atoms with E-state index < -0.39 is 17.9 Å². The number of aliphatic carboxylic acids is 1. The molecule has 2 N–H and O–H groups in total. The summed E-state index contributed by atoms with van der Waals surface area (Å²) in [6.45, 7) is 1.85. The fourth-order valence-electron chi connectivity index (χ4n) is 1.47. The number of carbonyl (C=O) groups is 2. The van der Waals surface area contributed by atoms with Crippen LogP contribution in [0.2, 0.25) is 10.0 Å². The highest BCUT2D eigenvalue weighted by Gasteiger charge is 2.19. The van der Waals surface area contributed by atoms with Gasteiger partial charge < -0.3 is 10.4 Å². The minimum atomic E-state index is -1.06. The molecule has 1 aromatic rings. The third-order valence-electron chi connectivity index (χ3n) is 2.31. The first kappa shape index (κ1) is 14.8. The molecule has 0 aromatic heterocycles. The molecule has 1 aromatic carbocycles. The summed E-state index contributed by atoms with van der Waals surface area (Å²) in [6.07, 6.45) is 1.03. The van der Waals surface area contributed by atoms with Crippen LogP contribution in [0.25, 0.3) is 0 Å². The summed E-state index contributed by atoms with van der Waals surface area (Å²) >= 11 is 11.5. The van der Waals surface area contributed by atoms with Gasteiger partial charge in [-0.1, -0.05) is 36.5 Å². The summed E-state index contributed by atoms with van der Waals surface area (Å²) in [7, 11) is 0. The van der Waals surface area contributed by atoms with Gasteiger partial charge in [-0.25, -0.2) is 4.79 Å². The van der Waals surface area contributed by atoms with Crippen LogP contribution in [-0.4, -0.2) is 23.0 Å². The Bertz CT molecular complexity index is 442. The lowest BCUT2D eigenvalue weighted by Gasteiger charge is -2.13. The Labute approximate surface area is 115 Å². The minimum absolute atomic E-state index is 0.245. The van der Waals surface area contributed by atoms with Gasteiger partial charge in [0.2, 0.25) is 0 Å². The third-order valence-corrected chi connectivity index (χ3v) is 2.74. The van der Waals surface area contributed by atoms with Gasteiger partial charge in [0, 0.05) is 15.6 Å². The number of amides is 1. The van der Waals surface area contributed by atoms with E-state index in [0.717, 1.165) is 0 Å². The van der Waals surface area contributed by atoms with Gasteiger partial charge in [0.1, 0.15) is 6.04 Å². The molecule has 6 heteroatoms. The molecule has 98 valence electrons. The van der Waals surface area contributed by atoms with Crippen molar-refractivity contribution in [1.82, 2.24) is 5.32 Å². The average molecular weight is 290 g/mol. The second-order valence-electron chi connectivity index (χ2n) is 3.81.